The first-order valence-electron chi connectivity index (χ1n) is 7.46. The highest BCUT2D eigenvalue weighted by atomic mass is 16.5. The molecule has 0 radical (unpaired) electrons. The maximum absolute atomic E-state index is 11.5. The highest BCUT2D eigenvalue weighted by molar-refractivity contribution is 5.88. The van der Waals surface area contributed by atoms with Gasteiger partial charge in [0, 0.05) is 25.7 Å². The van der Waals surface area contributed by atoms with Gasteiger partial charge in [0.05, 0.1) is 19.1 Å². The smallest absolute Gasteiger partial charge is 0.311 e. The summed E-state index contributed by atoms with van der Waals surface area (Å²) in [5, 5.41) is 12.1. The molecule has 1 saturated heterocycles. The Bertz CT molecular complexity index is 509. The molecule has 22 heavy (non-hydrogen) atoms. The van der Waals surface area contributed by atoms with Gasteiger partial charge in [-0.1, -0.05) is 12.1 Å². The number of aliphatic carboxylic acids is 1. The van der Waals surface area contributed by atoms with Crippen LogP contribution in [0.2, 0.25) is 0 Å². The van der Waals surface area contributed by atoms with Crippen molar-refractivity contribution in [2.75, 3.05) is 38.2 Å². The number of carboxylic acids is 1. The Hall–Kier alpha value is -1.92. The third-order valence-electron chi connectivity index (χ3n) is 3.77. The van der Waals surface area contributed by atoms with Gasteiger partial charge >= 0.3 is 5.97 Å². The van der Waals surface area contributed by atoms with Crippen LogP contribution in [0.4, 0.5) is 5.69 Å². The Kier molecular flexibility index (Phi) is 5.91. The molecule has 1 fully saturated rings. The van der Waals surface area contributed by atoms with E-state index in [9.17, 15) is 14.7 Å². The highest BCUT2D eigenvalue weighted by Crippen LogP contribution is 2.22. The molecule has 2 rings (SSSR count). The fourth-order valence-corrected chi connectivity index (χ4v) is 2.57. The van der Waals surface area contributed by atoms with E-state index in [1.54, 1.807) is 24.3 Å². The van der Waals surface area contributed by atoms with Gasteiger partial charge in [-0.15, -0.1) is 0 Å². The van der Waals surface area contributed by atoms with Crippen molar-refractivity contribution in [2.24, 2.45) is 0 Å². The monoisotopic (exact) mass is 306 g/mol. The lowest BCUT2D eigenvalue weighted by molar-refractivity contribution is -0.139. The van der Waals surface area contributed by atoms with Crippen LogP contribution in [-0.2, 0) is 14.3 Å². The third-order valence-corrected chi connectivity index (χ3v) is 3.77. The quantitative estimate of drug-likeness (QED) is 0.833. The highest BCUT2D eigenvalue weighted by Gasteiger charge is 2.21. The molecule has 1 atom stereocenters. The van der Waals surface area contributed by atoms with Crippen LogP contribution in [0.25, 0.3) is 0 Å². The molecule has 1 heterocycles. The van der Waals surface area contributed by atoms with E-state index in [0.29, 0.717) is 25.3 Å². The Morgan fingerprint density at radius 3 is 2.45 bits per heavy atom. The van der Waals surface area contributed by atoms with E-state index in [1.165, 1.54) is 6.92 Å². The van der Waals surface area contributed by atoms with Crippen LogP contribution >= 0.6 is 0 Å². The number of anilines is 1. The van der Waals surface area contributed by atoms with Crippen molar-refractivity contribution in [2.45, 2.75) is 19.3 Å². The molecule has 1 amide bonds. The van der Waals surface area contributed by atoms with Crippen LogP contribution in [0.3, 0.4) is 0 Å². The molecule has 120 valence electrons. The number of nitrogens with one attached hydrogen (secondary N) is 1. The number of hydrogen-bond acceptors (Lipinski definition) is 4. The summed E-state index contributed by atoms with van der Waals surface area (Å²) in [6, 6.07) is 7.01. The normalized spacial score (nSPS) is 17.0. The number of rotatable bonds is 6. The number of carbonyl (C=O) groups excluding carboxylic acids is 1. The summed E-state index contributed by atoms with van der Waals surface area (Å²) >= 11 is 0. The van der Waals surface area contributed by atoms with Crippen LogP contribution in [-0.4, -0.2) is 54.7 Å². The summed E-state index contributed by atoms with van der Waals surface area (Å²) < 4.78 is 5.29. The van der Waals surface area contributed by atoms with Crippen molar-refractivity contribution < 1.29 is 19.4 Å². The molecule has 0 saturated carbocycles. The summed E-state index contributed by atoms with van der Waals surface area (Å²) in [5.41, 5.74) is 1.43. The van der Waals surface area contributed by atoms with Crippen LogP contribution in [0, 0.1) is 0 Å². The lowest BCUT2D eigenvalue weighted by atomic mass is 9.95. The minimum absolute atomic E-state index is 0.144. The van der Waals surface area contributed by atoms with Crippen molar-refractivity contribution in [3.8, 4) is 0 Å². The van der Waals surface area contributed by atoms with E-state index in [0.717, 1.165) is 25.2 Å². The average Bonchev–Trinajstić information content (AvgIpc) is 2.49. The molecular weight excluding hydrogens is 284 g/mol. The SMILES string of the molecule is CC(=O)Nc1ccc(C(CCN2CCOCC2)C(=O)O)cc1. The van der Waals surface area contributed by atoms with Gasteiger partial charge < -0.3 is 15.2 Å². The summed E-state index contributed by atoms with van der Waals surface area (Å²) in [4.78, 5) is 24.7. The summed E-state index contributed by atoms with van der Waals surface area (Å²) in [6.45, 7) is 5.32. The molecule has 0 bridgehead atoms. The Morgan fingerprint density at radius 1 is 1.27 bits per heavy atom. The second-order valence-electron chi connectivity index (χ2n) is 5.44. The zero-order valence-electron chi connectivity index (χ0n) is 12.7. The third kappa shape index (κ3) is 4.82. The summed E-state index contributed by atoms with van der Waals surface area (Å²) in [7, 11) is 0. The first-order chi connectivity index (χ1) is 10.6. The van der Waals surface area contributed by atoms with Crippen molar-refractivity contribution in [3.63, 3.8) is 0 Å². The molecule has 6 heteroatoms. The Morgan fingerprint density at radius 2 is 1.91 bits per heavy atom. The molecule has 1 aliphatic heterocycles. The molecule has 2 N–H and O–H groups in total. The summed E-state index contributed by atoms with van der Waals surface area (Å²) in [6.07, 6.45) is 0.564. The standard InChI is InChI=1S/C16H22N2O4/c1-12(19)17-14-4-2-13(3-5-14)15(16(20)21)6-7-18-8-10-22-11-9-18/h2-5,15H,6-11H2,1H3,(H,17,19)(H,20,21). The van der Waals surface area contributed by atoms with E-state index >= 15 is 0 Å². The molecule has 6 nitrogen and oxygen atoms in total. The molecule has 0 aromatic heterocycles. The second kappa shape index (κ2) is 7.91. The maximum Gasteiger partial charge on any atom is 0.311 e. The van der Waals surface area contributed by atoms with Gasteiger partial charge in [-0.2, -0.15) is 0 Å². The Labute approximate surface area is 130 Å². The lowest BCUT2D eigenvalue weighted by Crippen LogP contribution is -2.37. The van der Waals surface area contributed by atoms with E-state index in [4.69, 9.17) is 4.74 Å². The number of ether oxygens (including phenoxy) is 1. The van der Waals surface area contributed by atoms with E-state index in [2.05, 4.69) is 10.2 Å². The molecule has 1 aromatic carbocycles. The van der Waals surface area contributed by atoms with Crippen LogP contribution in [0.15, 0.2) is 24.3 Å². The van der Waals surface area contributed by atoms with Gasteiger partial charge in [-0.25, -0.2) is 0 Å². The summed E-state index contributed by atoms with van der Waals surface area (Å²) in [5.74, 6) is -1.50. The molecule has 1 aromatic rings. The van der Waals surface area contributed by atoms with Gasteiger partial charge in [-0.3, -0.25) is 14.5 Å². The number of morpholine rings is 1. The van der Waals surface area contributed by atoms with Gasteiger partial charge in [0.15, 0.2) is 0 Å². The first-order valence-corrected chi connectivity index (χ1v) is 7.46. The van der Waals surface area contributed by atoms with Crippen LogP contribution in [0.5, 0.6) is 0 Å². The number of carboxylic acid groups (broad SMARTS) is 1. The zero-order chi connectivity index (χ0) is 15.9. The van der Waals surface area contributed by atoms with Gasteiger partial charge in [0.25, 0.3) is 0 Å². The Balaban J connectivity index is 1.97. The lowest BCUT2D eigenvalue weighted by Gasteiger charge is -2.27. The number of carbonyl (C=O) groups is 2. The van der Waals surface area contributed by atoms with E-state index in [-0.39, 0.29) is 5.91 Å². The van der Waals surface area contributed by atoms with Gasteiger partial charge in [0.2, 0.25) is 5.91 Å². The van der Waals surface area contributed by atoms with Crippen molar-refractivity contribution in [1.82, 2.24) is 4.90 Å². The van der Waals surface area contributed by atoms with E-state index in [1.807, 2.05) is 0 Å². The first kappa shape index (κ1) is 16.5. The van der Waals surface area contributed by atoms with Crippen molar-refractivity contribution >= 4 is 17.6 Å². The number of nitrogens with zero attached hydrogens (tertiary/aromatic N) is 1. The van der Waals surface area contributed by atoms with E-state index < -0.39 is 11.9 Å². The molecular formula is C16H22N2O4. The molecule has 0 aliphatic carbocycles. The number of amides is 1. The van der Waals surface area contributed by atoms with Crippen LogP contribution in [0.1, 0.15) is 24.8 Å². The topological polar surface area (TPSA) is 78.9 Å². The van der Waals surface area contributed by atoms with Gasteiger partial charge in [0.1, 0.15) is 0 Å². The average molecular weight is 306 g/mol. The second-order valence-corrected chi connectivity index (χ2v) is 5.44. The fourth-order valence-electron chi connectivity index (χ4n) is 2.57. The van der Waals surface area contributed by atoms with Gasteiger partial charge in [-0.05, 0) is 30.7 Å². The zero-order valence-corrected chi connectivity index (χ0v) is 12.7. The predicted octanol–water partition coefficient (Wildman–Crippen LogP) is 1.54. The van der Waals surface area contributed by atoms with Crippen LogP contribution < -0.4 is 5.32 Å². The largest absolute Gasteiger partial charge is 0.481 e. The van der Waals surface area contributed by atoms with Crippen molar-refractivity contribution in [3.05, 3.63) is 29.8 Å². The van der Waals surface area contributed by atoms with Crippen molar-refractivity contribution in [1.29, 1.82) is 0 Å². The molecule has 1 unspecified atom stereocenters. The predicted molar refractivity (Wildman–Crippen MR) is 83.0 cm³/mol. The molecule has 0 spiro atoms. The minimum atomic E-state index is -0.819. The maximum atomic E-state index is 11.5. The number of hydrogen-bond donors (Lipinski definition) is 2. The molecule has 1 aliphatic rings. The number of benzene rings is 1. The minimum Gasteiger partial charge on any atom is -0.481 e. The fraction of sp³-hybridized carbons (Fsp3) is 0.500.